The second-order valence-corrected chi connectivity index (χ2v) is 9.63. The molecule has 2 amide bonds. The van der Waals surface area contributed by atoms with Gasteiger partial charge in [0.1, 0.15) is 11.6 Å². The van der Waals surface area contributed by atoms with Crippen molar-refractivity contribution in [2.24, 2.45) is 15.1 Å². The third-order valence-corrected chi connectivity index (χ3v) is 4.25. The van der Waals surface area contributed by atoms with Crippen molar-refractivity contribution in [2.75, 3.05) is 10.6 Å². The molecule has 0 unspecified atom stereocenters. The molecule has 185 valence electrons. The summed E-state index contributed by atoms with van der Waals surface area (Å²) in [6.07, 6.45) is 0. The first kappa shape index (κ1) is 37.9. The first-order chi connectivity index (χ1) is 15.7. The zero-order chi connectivity index (χ0) is 26.9. The van der Waals surface area contributed by atoms with E-state index in [1.165, 1.54) is 0 Å². The van der Waals surface area contributed by atoms with Gasteiger partial charge in [-0.25, -0.2) is 9.97 Å². The topological polar surface area (TPSA) is 120 Å². The molecule has 2 heterocycles. The average molecular weight is 574 g/mol. The summed E-state index contributed by atoms with van der Waals surface area (Å²) in [5, 5.41) is 6.25. The SMILES string of the molecule is CC(C)(C)C(=O)Nc1cccc(CBr)n1.Cc1cccc(NC(=O)C(C)(C)C)n1.[B].[B]=NS.[NH]=[Al]. The Morgan fingerprint density at radius 1 is 0.971 bits per heavy atom. The van der Waals surface area contributed by atoms with E-state index in [1.54, 1.807) is 28.2 Å². The predicted molar refractivity (Wildman–Crippen MR) is 153 cm³/mol. The van der Waals surface area contributed by atoms with Crippen LogP contribution in [0.3, 0.4) is 0 Å². The van der Waals surface area contributed by atoms with Crippen LogP contribution in [0.2, 0.25) is 0 Å². The molecule has 2 aromatic heterocycles. The van der Waals surface area contributed by atoms with Crippen molar-refractivity contribution in [1.82, 2.24) is 9.97 Å². The first-order valence-electron chi connectivity index (χ1n) is 10.2. The Labute approximate surface area is 234 Å². The van der Waals surface area contributed by atoms with Crippen LogP contribution >= 0.6 is 28.7 Å². The van der Waals surface area contributed by atoms with Gasteiger partial charge in [0.15, 0.2) is 0 Å². The van der Waals surface area contributed by atoms with Gasteiger partial charge in [-0.3, -0.25) is 9.59 Å². The van der Waals surface area contributed by atoms with Gasteiger partial charge in [0, 0.05) is 30.3 Å². The number of aromatic nitrogens is 2. The Kier molecular flexibility index (Phi) is 21.1. The normalized spacial score (nSPS) is 9.69. The van der Waals surface area contributed by atoms with Crippen LogP contribution < -0.4 is 10.6 Å². The van der Waals surface area contributed by atoms with Gasteiger partial charge in [-0.1, -0.05) is 69.6 Å². The first-order valence-corrected chi connectivity index (χ1v) is 12.3. The summed E-state index contributed by atoms with van der Waals surface area (Å²) in [4.78, 5) is 31.7. The van der Waals surface area contributed by atoms with Gasteiger partial charge in [0.05, 0.1) is 5.69 Å². The van der Waals surface area contributed by atoms with Crippen LogP contribution in [-0.2, 0) is 14.9 Å². The summed E-state index contributed by atoms with van der Waals surface area (Å²) < 4.78 is 8.36. The molecule has 13 heteroatoms. The minimum atomic E-state index is -0.397. The van der Waals surface area contributed by atoms with Crippen molar-refractivity contribution in [1.29, 1.82) is 4.35 Å². The number of hydrogen-bond donors (Lipinski definition) is 4. The molecule has 0 saturated carbocycles. The van der Waals surface area contributed by atoms with Crippen LogP contribution in [0.5, 0.6) is 0 Å². The molecular weight excluding hydrogens is 541 g/mol. The number of nitrogens with zero attached hydrogens (tertiary/aromatic N) is 3. The number of amides is 2. The number of aryl methyl sites for hydroxylation is 1. The Balaban J connectivity index is -0.000000483. The van der Waals surface area contributed by atoms with Crippen LogP contribution in [0.25, 0.3) is 0 Å². The number of anilines is 2. The van der Waals surface area contributed by atoms with Gasteiger partial charge in [0.25, 0.3) is 0 Å². The number of alkyl halides is 1. The van der Waals surface area contributed by atoms with Crippen molar-refractivity contribution in [3.05, 3.63) is 47.8 Å². The van der Waals surface area contributed by atoms with Crippen LogP contribution in [0.1, 0.15) is 52.9 Å². The summed E-state index contributed by atoms with van der Waals surface area (Å²) in [6.45, 7) is 13.1. The maximum atomic E-state index is 11.7. The van der Waals surface area contributed by atoms with E-state index in [0.717, 1.165) is 11.4 Å². The minimum absolute atomic E-state index is 0. The monoisotopic (exact) mass is 573 g/mol. The molecule has 0 bridgehead atoms. The fourth-order valence-electron chi connectivity index (χ4n) is 1.84. The third-order valence-electron chi connectivity index (χ3n) is 3.68. The molecular formula is C22H33AlB2BrN6O2S. The second-order valence-electron chi connectivity index (χ2n) is 8.84. The summed E-state index contributed by atoms with van der Waals surface area (Å²) in [6, 6.07) is 11.1. The molecule has 0 aliphatic rings. The molecule has 0 aliphatic heterocycles. The number of carbonyl (C=O) groups excluding carboxylic acids is 2. The van der Waals surface area contributed by atoms with Gasteiger partial charge in [-0.15, -0.1) is 0 Å². The Morgan fingerprint density at radius 2 is 1.34 bits per heavy atom. The standard InChI is InChI=1S/C11H15BrN2O.C11H16N2O.Al.BHNS.B.HN/c1-11(2,3)10(15)14-9-6-4-5-8(7-12)13-9;1-8-6-5-7-9(12-8)13-10(14)11(2,3)4;;1-2-3;;/h4-6H,7H2,1-3H3,(H,13,14,15);5-7H,1-4H3,(H,12,13,14);;3H;;1H. The van der Waals surface area contributed by atoms with E-state index in [2.05, 4.69) is 61.3 Å². The van der Waals surface area contributed by atoms with Gasteiger partial charge in [-0.05, 0) is 31.2 Å². The molecule has 2 aromatic rings. The molecule has 35 heavy (non-hydrogen) atoms. The molecule has 8 nitrogen and oxygen atoms in total. The van der Waals surface area contributed by atoms with Crippen LogP contribution in [-0.4, -0.2) is 53.9 Å². The summed E-state index contributed by atoms with van der Waals surface area (Å²) in [5.74, 6) is 1.18. The summed E-state index contributed by atoms with van der Waals surface area (Å²) in [5.41, 5.74) is 1.02. The van der Waals surface area contributed by atoms with Crippen molar-refractivity contribution >= 4 is 84.3 Å². The molecule has 0 saturated heterocycles. The molecule has 0 aliphatic carbocycles. The van der Waals surface area contributed by atoms with Gasteiger partial charge in [-0.2, -0.15) is 0 Å². The molecule has 3 N–H and O–H groups in total. The zero-order valence-electron chi connectivity index (χ0n) is 21.4. The van der Waals surface area contributed by atoms with E-state index in [0.29, 0.717) is 17.0 Å². The van der Waals surface area contributed by atoms with E-state index in [4.69, 9.17) is 4.35 Å². The quantitative estimate of drug-likeness (QED) is 0.233. The van der Waals surface area contributed by atoms with E-state index < -0.39 is 5.41 Å². The molecule has 0 aromatic carbocycles. The zero-order valence-corrected chi connectivity index (χ0v) is 25.0. The fraction of sp³-hybridized carbons (Fsp3) is 0.455. The van der Waals surface area contributed by atoms with Crippen LogP contribution in [0.15, 0.2) is 40.7 Å². The van der Waals surface area contributed by atoms with Gasteiger partial charge in [0.2, 0.25) is 11.8 Å². The number of rotatable bonds is 3. The Hall–Kier alpha value is -1.67. The molecule has 0 spiro atoms. The number of hydrogen-bond acceptors (Lipinski definition) is 7. The number of carbonyl (C=O) groups is 2. The molecule has 0 fully saturated rings. The van der Waals surface area contributed by atoms with Crippen molar-refractivity contribution in [2.45, 2.75) is 53.8 Å². The average Bonchev–Trinajstić information content (AvgIpc) is 2.75. The summed E-state index contributed by atoms with van der Waals surface area (Å²) in [7, 11) is 4.34. The van der Waals surface area contributed by atoms with E-state index in [1.807, 2.05) is 72.7 Å². The number of halogens is 1. The van der Waals surface area contributed by atoms with Crippen LogP contribution in [0, 0.1) is 22.1 Å². The Bertz CT molecular complexity index is 927. The summed E-state index contributed by atoms with van der Waals surface area (Å²) >= 11 is 8.18. The van der Waals surface area contributed by atoms with E-state index in [9.17, 15) is 9.59 Å². The number of thiol groups is 1. The molecule has 5 radical (unpaired) electrons. The van der Waals surface area contributed by atoms with E-state index >= 15 is 0 Å². The van der Waals surface area contributed by atoms with Crippen molar-refractivity contribution in [3.8, 4) is 0 Å². The Morgan fingerprint density at radius 3 is 1.69 bits per heavy atom. The maximum absolute atomic E-state index is 11.7. The van der Waals surface area contributed by atoms with Crippen molar-refractivity contribution in [3.63, 3.8) is 0 Å². The molecule has 0 atom stereocenters. The predicted octanol–water partition coefficient (Wildman–Crippen LogP) is 5.06. The van der Waals surface area contributed by atoms with Crippen molar-refractivity contribution < 1.29 is 9.59 Å². The van der Waals surface area contributed by atoms with E-state index in [-0.39, 0.29) is 25.6 Å². The number of pyridine rings is 2. The van der Waals surface area contributed by atoms with Gasteiger partial charge < -0.3 is 10.6 Å². The third kappa shape index (κ3) is 18.3. The number of nitrogens with one attached hydrogen (secondary N) is 3. The molecule has 2 rings (SSSR count). The van der Waals surface area contributed by atoms with Gasteiger partial charge >= 0.3 is 45.2 Å². The van der Waals surface area contributed by atoms with Crippen LogP contribution in [0.4, 0.5) is 11.6 Å². The second kappa shape index (κ2) is 19.5. The fourth-order valence-corrected chi connectivity index (χ4v) is 2.16.